The molecule has 1 aromatic rings. The molecule has 3 saturated heterocycles. The van der Waals surface area contributed by atoms with Gasteiger partial charge in [0.2, 0.25) is 10.0 Å². The van der Waals surface area contributed by atoms with Gasteiger partial charge in [-0.05, 0) is 37.3 Å². The van der Waals surface area contributed by atoms with Crippen LogP contribution in [-0.2, 0) is 14.8 Å². The van der Waals surface area contributed by atoms with Crippen molar-refractivity contribution in [2.24, 2.45) is 5.92 Å². The minimum absolute atomic E-state index is 0.0646. The van der Waals surface area contributed by atoms with Gasteiger partial charge in [-0.25, -0.2) is 18.2 Å². The molecule has 3 aliphatic heterocycles. The molecule has 5 rings (SSSR count). The Kier molecular flexibility index (Phi) is 5.37. The second-order valence-electron chi connectivity index (χ2n) is 8.93. The number of aromatic nitrogens is 1. The van der Waals surface area contributed by atoms with Crippen molar-refractivity contribution in [2.75, 3.05) is 43.4 Å². The number of rotatable bonds is 5. The Bertz CT molecular complexity index is 948. The lowest BCUT2D eigenvalue weighted by molar-refractivity contribution is -0.127. The van der Waals surface area contributed by atoms with E-state index in [-0.39, 0.29) is 36.3 Å². The van der Waals surface area contributed by atoms with Crippen molar-refractivity contribution in [2.45, 2.75) is 44.2 Å². The van der Waals surface area contributed by atoms with E-state index in [9.17, 15) is 18.0 Å². The number of pyridine rings is 1. The molecule has 9 nitrogen and oxygen atoms in total. The van der Waals surface area contributed by atoms with Gasteiger partial charge in [0.25, 0.3) is 5.91 Å². The third kappa shape index (κ3) is 3.69. The smallest absolute Gasteiger partial charge is 0.327 e. The fourth-order valence-electron chi connectivity index (χ4n) is 5.65. The van der Waals surface area contributed by atoms with Gasteiger partial charge in [-0.3, -0.25) is 9.69 Å². The van der Waals surface area contributed by atoms with Crippen molar-refractivity contribution in [1.82, 2.24) is 19.1 Å². The fraction of sp³-hybridized carbons (Fsp3) is 0.667. The van der Waals surface area contributed by atoms with Crippen LogP contribution in [0.15, 0.2) is 24.4 Å². The van der Waals surface area contributed by atoms with E-state index in [4.69, 9.17) is 0 Å². The molecule has 0 bridgehead atoms. The Balaban J connectivity index is 1.18. The molecule has 0 aromatic carbocycles. The number of nitrogens with zero attached hydrogens (tertiary/aromatic N) is 5. The van der Waals surface area contributed by atoms with Crippen molar-refractivity contribution < 1.29 is 18.0 Å². The first-order valence-electron chi connectivity index (χ1n) is 11.2. The van der Waals surface area contributed by atoms with Gasteiger partial charge in [0.1, 0.15) is 11.9 Å². The van der Waals surface area contributed by atoms with Gasteiger partial charge < -0.3 is 9.80 Å². The Labute approximate surface area is 183 Å². The molecule has 31 heavy (non-hydrogen) atoms. The normalized spacial score (nSPS) is 29.4. The topological polar surface area (TPSA) is 94.1 Å². The van der Waals surface area contributed by atoms with E-state index in [0.29, 0.717) is 32.1 Å². The van der Waals surface area contributed by atoms with Crippen LogP contribution >= 0.6 is 0 Å². The second-order valence-corrected chi connectivity index (χ2v) is 11.0. The molecule has 0 radical (unpaired) electrons. The second kappa shape index (κ2) is 8.05. The molecule has 1 aromatic heterocycles. The van der Waals surface area contributed by atoms with Gasteiger partial charge in [0.05, 0.1) is 5.75 Å². The number of carbonyl (C=O) groups excluding carboxylic acids is 2. The minimum atomic E-state index is -3.55. The Hall–Kier alpha value is -2.20. The number of fused-ring (bicyclic) bond motifs is 3. The zero-order valence-electron chi connectivity index (χ0n) is 17.6. The van der Waals surface area contributed by atoms with Crippen molar-refractivity contribution >= 4 is 27.8 Å². The largest absolute Gasteiger partial charge is 0.354 e. The van der Waals surface area contributed by atoms with E-state index in [1.807, 2.05) is 18.2 Å². The van der Waals surface area contributed by atoms with E-state index in [1.54, 1.807) is 11.1 Å². The van der Waals surface area contributed by atoms with Crippen LogP contribution in [0.2, 0.25) is 0 Å². The Morgan fingerprint density at radius 3 is 2.55 bits per heavy atom. The van der Waals surface area contributed by atoms with Crippen molar-refractivity contribution in [3.63, 3.8) is 0 Å². The van der Waals surface area contributed by atoms with Crippen LogP contribution in [-0.4, -0.2) is 90.0 Å². The lowest BCUT2D eigenvalue weighted by Gasteiger charge is -2.35. The summed E-state index contributed by atoms with van der Waals surface area (Å²) in [5.74, 6) is 0.833. The maximum absolute atomic E-state index is 13.0. The molecule has 0 N–H and O–H groups in total. The van der Waals surface area contributed by atoms with Crippen molar-refractivity contribution in [1.29, 1.82) is 0 Å². The van der Waals surface area contributed by atoms with E-state index in [1.165, 1.54) is 15.6 Å². The van der Waals surface area contributed by atoms with Crippen molar-refractivity contribution in [3.05, 3.63) is 24.4 Å². The van der Waals surface area contributed by atoms with Crippen molar-refractivity contribution in [3.8, 4) is 0 Å². The third-order valence-electron chi connectivity index (χ3n) is 7.27. The average Bonchev–Trinajstić information content (AvgIpc) is 3.29. The number of amides is 3. The van der Waals surface area contributed by atoms with Crippen LogP contribution in [0.25, 0.3) is 0 Å². The summed E-state index contributed by atoms with van der Waals surface area (Å²) in [5, 5.41) is 0. The molecule has 3 unspecified atom stereocenters. The molecule has 1 aliphatic carbocycles. The molecule has 10 heteroatoms. The van der Waals surface area contributed by atoms with Gasteiger partial charge in [0.15, 0.2) is 0 Å². The number of urea groups is 1. The maximum atomic E-state index is 13.0. The zero-order chi connectivity index (χ0) is 21.6. The highest BCUT2D eigenvalue weighted by molar-refractivity contribution is 7.89. The Morgan fingerprint density at radius 2 is 1.81 bits per heavy atom. The van der Waals surface area contributed by atoms with Crippen LogP contribution in [0.4, 0.5) is 10.6 Å². The molecule has 4 aliphatic rings. The summed E-state index contributed by atoms with van der Waals surface area (Å²) in [4.78, 5) is 35.1. The number of imide groups is 1. The molecule has 168 valence electrons. The summed E-state index contributed by atoms with van der Waals surface area (Å²) in [6, 6.07) is 5.15. The molecule has 1 saturated carbocycles. The highest BCUT2D eigenvalue weighted by Gasteiger charge is 2.55. The summed E-state index contributed by atoms with van der Waals surface area (Å²) in [5.41, 5.74) is 0. The molecule has 4 fully saturated rings. The first kappa shape index (κ1) is 20.7. The molecule has 0 spiro atoms. The van der Waals surface area contributed by atoms with Crippen LogP contribution in [0, 0.1) is 5.92 Å². The monoisotopic (exact) mass is 447 g/mol. The van der Waals surface area contributed by atoms with Gasteiger partial charge in [-0.2, -0.15) is 4.31 Å². The number of carbonyl (C=O) groups is 2. The standard InChI is InChI=1S/C21H29N5O4S/c27-20-18-15-16-5-1-2-6-17(16)26(18)21(28)25(20)13-14-31(29,30)24-11-9-23(10-12-24)19-7-3-4-8-22-19/h3-4,7-8,16-18H,1-2,5-6,9-15H2. The fourth-order valence-corrected chi connectivity index (χ4v) is 7.04. The summed E-state index contributed by atoms with van der Waals surface area (Å²) in [6.45, 7) is 1.82. The number of piperazine rings is 1. The van der Waals surface area contributed by atoms with Gasteiger partial charge in [-0.15, -0.1) is 0 Å². The molecular weight excluding hydrogens is 418 g/mol. The maximum Gasteiger partial charge on any atom is 0.327 e. The molecular formula is C21H29N5O4S. The quantitative estimate of drug-likeness (QED) is 0.628. The SMILES string of the molecule is O=C1C2CC3CCCCC3N2C(=O)N1CCS(=O)(=O)N1CCN(c2ccccn2)CC1. The lowest BCUT2D eigenvalue weighted by Crippen LogP contribution is -2.50. The van der Waals surface area contributed by atoms with E-state index < -0.39 is 10.0 Å². The number of sulfonamides is 1. The van der Waals surface area contributed by atoms with Crippen LogP contribution in [0.5, 0.6) is 0 Å². The van der Waals surface area contributed by atoms with Gasteiger partial charge in [-0.1, -0.05) is 18.9 Å². The van der Waals surface area contributed by atoms with Crippen LogP contribution in [0.3, 0.4) is 0 Å². The minimum Gasteiger partial charge on any atom is -0.354 e. The van der Waals surface area contributed by atoms with Gasteiger partial charge in [0, 0.05) is 45.0 Å². The van der Waals surface area contributed by atoms with Gasteiger partial charge >= 0.3 is 6.03 Å². The first-order chi connectivity index (χ1) is 15.0. The number of hydrogen-bond donors (Lipinski definition) is 0. The Morgan fingerprint density at radius 1 is 1.03 bits per heavy atom. The summed E-state index contributed by atoms with van der Waals surface area (Å²) in [7, 11) is -3.55. The van der Waals surface area contributed by atoms with E-state index >= 15 is 0 Å². The van der Waals surface area contributed by atoms with E-state index in [0.717, 1.165) is 31.5 Å². The highest BCUT2D eigenvalue weighted by atomic mass is 32.2. The summed E-state index contributed by atoms with van der Waals surface area (Å²) in [6.07, 6.45) is 6.74. The highest BCUT2D eigenvalue weighted by Crippen LogP contribution is 2.43. The predicted molar refractivity (Wildman–Crippen MR) is 115 cm³/mol. The van der Waals surface area contributed by atoms with Crippen LogP contribution in [0.1, 0.15) is 32.1 Å². The third-order valence-corrected chi connectivity index (χ3v) is 9.12. The zero-order valence-corrected chi connectivity index (χ0v) is 18.4. The van der Waals surface area contributed by atoms with Crippen LogP contribution < -0.4 is 4.90 Å². The number of hydrogen-bond acceptors (Lipinski definition) is 6. The summed E-state index contributed by atoms with van der Waals surface area (Å²) < 4.78 is 27.3. The lowest BCUT2D eigenvalue weighted by atomic mass is 9.84. The first-order valence-corrected chi connectivity index (χ1v) is 12.8. The van der Waals surface area contributed by atoms with E-state index in [2.05, 4.69) is 9.88 Å². The molecule has 3 amide bonds. The predicted octanol–water partition coefficient (Wildman–Crippen LogP) is 1.13. The molecule has 3 atom stereocenters. The average molecular weight is 448 g/mol. The summed E-state index contributed by atoms with van der Waals surface area (Å²) >= 11 is 0. The number of anilines is 1. The molecule has 4 heterocycles.